The van der Waals surface area contributed by atoms with E-state index in [9.17, 15) is 39.3 Å². The molecular weight excluding hydrogens is 1590 g/mol. The van der Waals surface area contributed by atoms with E-state index in [1.54, 1.807) is 83.1 Å². The van der Waals surface area contributed by atoms with Gasteiger partial charge < -0.3 is 58.5 Å². The number of aromatic hydroxyl groups is 3. The smallest absolute Gasteiger partial charge is 0.414 e. The average Bonchev–Trinajstić information content (AvgIpc) is 0.772. The van der Waals surface area contributed by atoms with Crippen molar-refractivity contribution in [1.82, 2.24) is 26.6 Å². The topological polar surface area (TPSA) is 305 Å². The third kappa shape index (κ3) is 34.9. The van der Waals surface area contributed by atoms with E-state index < -0.39 is 58.5 Å². The van der Waals surface area contributed by atoms with E-state index in [0.717, 1.165) is 89.9 Å². The number of aliphatic imine (C=N–C) groups is 2. The molecule has 0 aliphatic carbocycles. The molecule has 126 heavy (non-hydrogen) atoms. The van der Waals surface area contributed by atoms with Crippen LogP contribution in [0.4, 0.5) is 24.0 Å². The fourth-order valence-electron chi connectivity index (χ4n) is 13.4. The van der Waals surface area contributed by atoms with Crippen molar-refractivity contribution >= 4 is 42.4 Å². The summed E-state index contributed by atoms with van der Waals surface area (Å²) in [6.07, 6.45) is -0.820. The standard InChI is InChI=1S/C66H98N4O10.C37H57N3O6/c1-24-41-33-49(61(6,7)8)34-42(52(41)71)31-46-38-51(63(12,13)14)39-47(55(46)77-28-26-68-57(73)78-64(15,16)17)32-44-36-50(62(9,10)11)35-43(53(44)72)30-45-37-48(60(3,4)5)29-40(2)54(45)76-27-25-67-56(69-58(74)79-65(18,19)20)70-59(75)80-66(21,22)23;1-15-24-20-28(35(6,7)8)21-25(29(24)41)19-26-22-27(34(3,4)5)18-23(2)30(26)44-17-16-38-31(39-32(42)45-36(9,10)11)40-33(43)46-37(12,13)14/h29,33-39,71-72H,24-28,30-32H2,1-23H3,(H,68,73)(H2,67,69,70,74,75);18,20-22,41H,15-17,19H2,1-14H3,(H2,38,39,40,42,43). The van der Waals surface area contributed by atoms with Gasteiger partial charge in [-0.1, -0.05) is 211 Å². The number of nitrogens with one attached hydrogen (secondary N) is 5. The van der Waals surface area contributed by atoms with Crippen LogP contribution >= 0.6 is 0 Å². The highest BCUT2D eigenvalue weighted by atomic mass is 16.6. The third-order valence-electron chi connectivity index (χ3n) is 19.9. The number of alkyl carbamates (subject to hydrolysis) is 5. The molecule has 0 atom stereocenters. The van der Waals surface area contributed by atoms with Gasteiger partial charge in [0.15, 0.2) is 0 Å². The summed E-state index contributed by atoms with van der Waals surface area (Å²) in [6.45, 7) is 74.1. The Morgan fingerprint density at radius 1 is 0.286 bits per heavy atom. The Labute approximate surface area is 754 Å². The summed E-state index contributed by atoms with van der Waals surface area (Å²) in [5, 5.41) is 48.7. The van der Waals surface area contributed by atoms with Gasteiger partial charge in [-0.05, 0) is 263 Å². The summed E-state index contributed by atoms with van der Waals surface area (Å²) in [5.41, 5.74) is 11.9. The molecule has 0 saturated heterocycles. The molecule has 23 nitrogen and oxygen atoms in total. The molecule has 0 radical (unpaired) electrons. The summed E-state index contributed by atoms with van der Waals surface area (Å²) >= 11 is 0. The van der Waals surface area contributed by atoms with Crippen LogP contribution in [0.2, 0.25) is 0 Å². The van der Waals surface area contributed by atoms with Gasteiger partial charge in [0, 0.05) is 25.7 Å². The van der Waals surface area contributed by atoms with Crippen LogP contribution in [0, 0.1) is 13.8 Å². The number of phenols is 3. The molecular formula is C103H155N7O16. The molecule has 0 aromatic heterocycles. The zero-order chi connectivity index (χ0) is 96.0. The van der Waals surface area contributed by atoms with Crippen molar-refractivity contribution in [2.75, 3.05) is 39.5 Å². The largest absolute Gasteiger partial charge is 0.507 e. The van der Waals surface area contributed by atoms with Crippen LogP contribution in [-0.2, 0) is 94.7 Å². The summed E-state index contributed by atoms with van der Waals surface area (Å²) in [6, 6.07) is 25.4. The monoisotopic (exact) mass is 1750 g/mol. The number of phenolic OH excluding ortho intramolecular Hbond substituents is 3. The average molecular weight is 1750 g/mol. The molecule has 0 aliphatic rings. The molecule has 8 N–H and O–H groups in total. The molecule has 0 unspecified atom stereocenters. The molecule has 0 spiro atoms. The van der Waals surface area contributed by atoms with Gasteiger partial charge in [0.05, 0.1) is 19.6 Å². The summed E-state index contributed by atoms with van der Waals surface area (Å²) in [7, 11) is 0. The van der Waals surface area contributed by atoms with Crippen molar-refractivity contribution in [1.29, 1.82) is 0 Å². The van der Waals surface area contributed by atoms with Gasteiger partial charge >= 0.3 is 30.5 Å². The lowest BCUT2D eigenvalue weighted by Crippen LogP contribution is -2.47. The van der Waals surface area contributed by atoms with Crippen LogP contribution in [-0.4, -0.2) is 125 Å². The number of hydrogen-bond acceptors (Lipinski definition) is 18. The van der Waals surface area contributed by atoms with Crippen LogP contribution < -0.4 is 40.8 Å². The zero-order valence-corrected chi connectivity index (χ0v) is 83.5. The lowest BCUT2D eigenvalue weighted by Gasteiger charge is -2.27. The second-order valence-corrected chi connectivity index (χ2v) is 44.0. The van der Waals surface area contributed by atoms with Gasteiger partial charge in [0.1, 0.15) is 82.3 Å². The Hall–Kier alpha value is -10.2. The van der Waals surface area contributed by atoms with Gasteiger partial charge in [-0.15, -0.1) is 0 Å². The molecule has 6 rings (SSSR count). The van der Waals surface area contributed by atoms with Crippen molar-refractivity contribution in [3.8, 4) is 34.5 Å². The van der Waals surface area contributed by atoms with Crippen molar-refractivity contribution < 1.29 is 77.2 Å². The number of hydrogen-bond donors (Lipinski definition) is 8. The number of carbonyl (C=O) groups excluding carboxylic acids is 5. The Morgan fingerprint density at radius 3 is 0.730 bits per heavy atom. The first kappa shape index (κ1) is 106. The highest BCUT2D eigenvalue weighted by Gasteiger charge is 2.32. The fourth-order valence-corrected chi connectivity index (χ4v) is 13.4. The van der Waals surface area contributed by atoms with Crippen molar-refractivity contribution in [2.45, 2.75) is 355 Å². The van der Waals surface area contributed by atoms with Crippen LogP contribution in [0.25, 0.3) is 0 Å². The zero-order valence-electron chi connectivity index (χ0n) is 83.5. The van der Waals surface area contributed by atoms with Gasteiger partial charge in [-0.2, -0.15) is 0 Å². The Morgan fingerprint density at radius 2 is 0.492 bits per heavy atom. The number of amides is 5. The summed E-state index contributed by atoms with van der Waals surface area (Å²) < 4.78 is 46.9. The van der Waals surface area contributed by atoms with Crippen LogP contribution in [0.15, 0.2) is 82.8 Å². The van der Waals surface area contributed by atoms with E-state index in [1.807, 2.05) is 41.5 Å². The Balaban J connectivity index is 0.000000518. The van der Waals surface area contributed by atoms with Crippen LogP contribution in [0.3, 0.4) is 0 Å². The van der Waals surface area contributed by atoms with Crippen LogP contribution in [0.5, 0.6) is 34.5 Å². The second-order valence-electron chi connectivity index (χ2n) is 44.0. The molecule has 0 heterocycles. The lowest BCUT2D eigenvalue weighted by molar-refractivity contribution is 0.0511. The minimum absolute atomic E-state index is 0.0359. The fraction of sp³-hybridized carbons (Fsp3) is 0.583. The number of rotatable bonds is 22. The van der Waals surface area contributed by atoms with E-state index in [4.69, 9.17) is 37.9 Å². The number of benzene rings is 6. The maximum Gasteiger partial charge on any atom is 0.414 e. The van der Waals surface area contributed by atoms with E-state index >= 15 is 0 Å². The first-order valence-electron chi connectivity index (χ1n) is 44.3. The predicted octanol–water partition coefficient (Wildman–Crippen LogP) is 22.9. The van der Waals surface area contributed by atoms with E-state index in [1.165, 1.54) is 5.56 Å². The molecule has 5 amide bonds. The molecule has 0 saturated carbocycles. The first-order valence-corrected chi connectivity index (χ1v) is 44.3. The lowest BCUT2D eigenvalue weighted by atomic mass is 9.80. The van der Waals surface area contributed by atoms with Gasteiger partial charge in [-0.3, -0.25) is 21.3 Å². The van der Waals surface area contributed by atoms with Crippen molar-refractivity contribution in [3.63, 3.8) is 0 Å². The molecule has 6 aromatic rings. The normalized spacial score (nSPS) is 12.5. The summed E-state index contributed by atoms with van der Waals surface area (Å²) in [4.78, 5) is 72.3. The molecule has 0 aliphatic heterocycles. The Kier molecular flexibility index (Phi) is 35.6. The quantitative estimate of drug-likeness (QED) is 0.0136. The van der Waals surface area contributed by atoms with Gasteiger partial charge in [0.25, 0.3) is 0 Å². The van der Waals surface area contributed by atoms with Crippen LogP contribution in [0.1, 0.15) is 342 Å². The maximum atomic E-state index is 12.8. The first-order chi connectivity index (χ1) is 57.3. The number of nitrogens with zero attached hydrogens (tertiary/aromatic N) is 2. The minimum Gasteiger partial charge on any atom is -0.507 e. The number of carbonyl (C=O) groups is 5. The predicted molar refractivity (Wildman–Crippen MR) is 508 cm³/mol. The highest BCUT2D eigenvalue weighted by molar-refractivity contribution is 6.02. The van der Waals surface area contributed by atoms with E-state index in [-0.39, 0.29) is 95.4 Å². The number of guanidine groups is 2. The van der Waals surface area contributed by atoms with E-state index in [0.29, 0.717) is 66.2 Å². The van der Waals surface area contributed by atoms with Crippen molar-refractivity contribution in [3.05, 3.63) is 173 Å². The maximum absolute atomic E-state index is 12.8. The number of ether oxygens (including phenoxy) is 8. The Bertz CT molecular complexity index is 4790. The molecule has 0 bridgehead atoms. The van der Waals surface area contributed by atoms with Crippen molar-refractivity contribution in [2.24, 2.45) is 9.98 Å². The highest BCUT2D eigenvalue weighted by Crippen LogP contribution is 2.44. The summed E-state index contributed by atoms with van der Waals surface area (Å²) in [5.74, 6) is 2.41. The van der Waals surface area contributed by atoms with E-state index in [2.05, 4.69) is 241 Å². The minimum atomic E-state index is -0.801. The third-order valence-corrected chi connectivity index (χ3v) is 19.9. The second kappa shape index (κ2) is 42.2. The molecule has 6 aromatic carbocycles. The molecule has 698 valence electrons. The van der Waals surface area contributed by atoms with Gasteiger partial charge in [-0.25, -0.2) is 34.0 Å². The SMILES string of the molecule is CCc1cc(C(C)(C)C)cc(Cc2cc(C(C)(C)C)cc(C)c2OCCN=C(NC(=O)OC(C)(C)C)NC(=O)OC(C)(C)C)c1O.CCc1cc(C(C)(C)C)cc(Cc2cc(C(C)(C)C)cc(Cc3cc(C(C)(C)C)cc(Cc4cc(C(C)(C)C)cc(C)c4OCCN=C(NC(=O)OC(C)(C)C)NC(=O)OC(C)(C)C)c3O)c2OCCNC(=O)OC(C)(C)C)c1O. The molecule has 23 heteroatoms. The number of aryl methyl sites for hydroxylation is 4. The molecule has 0 fully saturated rings. The van der Waals surface area contributed by atoms with Gasteiger partial charge in [0.2, 0.25) is 11.9 Å².